The van der Waals surface area contributed by atoms with Crippen molar-refractivity contribution in [1.82, 2.24) is 14.6 Å². The zero-order valence-electron chi connectivity index (χ0n) is 14.4. The molecule has 138 valence electrons. The van der Waals surface area contributed by atoms with E-state index in [1.807, 2.05) is 6.92 Å². The molecule has 1 aromatic carbocycles. The van der Waals surface area contributed by atoms with Gasteiger partial charge in [0.15, 0.2) is 0 Å². The summed E-state index contributed by atoms with van der Waals surface area (Å²) in [6.07, 6.45) is 2.42. The molecule has 1 fully saturated rings. The van der Waals surface area contributed by atoms with Crippen molar-refractivity contribution in [2.45, 2.75) is 18.9 Å². The molecule has 1 atom stereocenters. The Morgan fingerprint density at radius 2 is 2.31 bits per heavy atom. The molecule has 0 aliphatic carbocycles. The number of anilines is 1. The molecule has 0 spiro atoms. The largest absolute Gasteiger partial charge is 0.493 e. The van der Waals surface area contributed by atoms with Crippen LogP contribution in [0.5, 0.6) is 5.75 Å². The molecule has 1 aliphatic heterocycles. The first-order chi connectivity index (χ1) is 12.5. The summed E-state index contributed by atoms with van der Waals surface area (Å²) in [4.78, 5) is 7.23. The number of rotatable bonds is 5. The molecular weight excluding hydrogens is 357 g/mol. The maximum atomic E-state index is 13.6. The quantitative estimate of drug-likeness (QED) is 0.706. The molecule has 3 N–H and O–H groups in total. The van der Waals surface area contributed by atoms with Crippen LogP contribution in [0.4, 0.5) is 9.52 Å². The SMILES string of the molecule is CCOc1cc(F)ccc1-c1cnc2sc(N3CC[C@](N)(CO)C3)nn12. The second-order valence-corrected chi connectivity index (χ2v) is 7.42. The average molecular weight is 377 g/mol. The smallest absolute Gasteiger partial charge is 0.214 e. The minimum absolute atomic E-state index is 0.0510. The van der Waals surface area contributed by atoms with Gasteiger partial charge in [0.05, 0.1) is 30.6 Å². The number of aliphatic hydroxyl groups is 1. The predicted octanol–water partition coefficient (Wildman–Crippen LogP) is 1.90. The van der Waals surface area contributed by atoms with E-state index in [0.717, 1.165) is 27.9 Å². The van der Waals surface area contributed by atoms with Gasteiger partial charge in [-0.2, -0.15) is 0 Å². The number of imidazole rings is 1. The van der Waals surface area contributed by atoms with Crippen molar-refractivity contribution >= 4 is 21.4 Å². The average Bonchev–Trinajstić information content (AvgIpc) is 3.30. The van der Waals surface area contributed by atoms with Crippen LogP contribution in [0, 0.1) is 5.82 Å². The lowest BCUT2D eigenvalue weighted by Crippen LogP contribution is -2.46. The predicted molar refractivity (Wildman–Crippen MR) is 98.3 cm³/mol. The van der Waals surface area contributed by atoms with E-state index in [1.165, 1.54) is 23.5 Å². The summed E-state index contributed by atoms with van der Waals surface area (Å²) in [6, 6.07) is 4.44. The third-order valence-corrected chi connectivity index (χ3v) is 5.55. The second-order valence-electron chi connectivity index (χ2n) is 6.49. The molecule has 26 heavy (non-hydrogen) atoms. The van der Waals surface area contributed by atoms with Crippen LogP contribution in [-0.4, -0.2) is 51.5 Å². The maximum absolute atomic E-state index is 13.6. The van der Waals surface area contributed by atoms with Crippen LogP contribution in [-0.2, 0) is 0 Å². The first kappa shape index (κ1) is 17.2. The van der Waals surface area contributed by atoms with Crippen LogP contribution in [0.15, 0.2) is 24.4 Å². The highest BCUT2D eigenvalue weighted by atomic mass is 32.1. The van der Waals surface area contributed by atoms with Crippen molar-refractivity contribution in [3.05, 3.63) is 30.2 Å². The second kappa shape index (κ2) is 6.49. The van der Waals surface area contributed by atoms with Crippen molar-refractivity contribution in [3.8, 4) is 17.0 Å². The standard InChI is InChI=1S/C17H20FN5O2S/c1-2-25-14-7-11(18)3-4-12(14)13-8-20-15-23(13)21-16(26-15)22-6-5-17(19,9-22)10-24/h3-4,7-8,24H,2,5-6,9-10,19H2,1H3/t17-/m1/s1. The highest BCUT2D eigenvalue weighted by Crippen LogP contribution is 2.35. The molecule has 0 unspecified atom stereocenters. The summed E-state index contributed by atoms with van der Waals surface area (Å²) in [7, 11) is 0. The zero-order chi connectivity index (χ0) is 18.3. The first-order valence-electron chi connectivity index (χ1n) is 8.45. The van der Waals surface area contributed by atoms with Gasteiger partial charge in [-0.1, -0.05) is 11.3 Å². The number of nitrogens with two attached hydrogens (primary N) is 1. The Morgan fingerprint density at radius 1 is 1.46 bits per heavy atom. The van der Waals surface area contributed by atoms with E-state index in [9.17, 15) is 9.50 Å². The van der Waals surface area contributed by atoms with Gasteiger partial charge in [0.25, 0.3) is 0 Å². The molecule has 9 heteroatoms. The van der Waals surface area contributed by atoms with Gasteiger partial charge in [-0.05, 0) is 25.5 Å². The lowest BCUT2D eigenvalue weighted by molar-refractivity contribution is 0.210. The molecule has 0 bridgehead atoms. The molecule has 7 nitrogen and oxygen atoms in total. The Labute approximate surface area is 153 Å². The number of nitrogens with zero attached hydrogens (tertiary/aromatic N) is 4. The summed E-state index contributed by atoms with van der Waals surface area (Å²) >= 11 is 1.46. The van der Waals surface area contributed by atoms with Crippen molar-refractivity contribution in [1.29, 1.82) is 0 Å². The highest BCUT2D eigenvalue weighted by Gasteiger charge is 2.35. The third kappa shape index (κ3) is 2.91. The fourth-order valence-corrected chi connectivity index (χ4v) is 4.07. The molecular formula is C17H20FN5O2S. The topological polar surface area (TPSA) is 88.9 Å². The van der Waals surface area contributed by atoms with E-state index in [1.54, 1.807) is 16.8 Å². The number of aliphatic hydroxyl groups excluding tert-OH is 1. The van der Waals surface area contributed by atoms with Crippen LogP contribution >= 0.6 is 11.3 Å². The van der Waals surface area contributed by atoms with Crippen molar-refractivity contribution in [2.75, 3.05) is 31.2 Å². The van der Waals surface area contributed by atoms with Crippen LogP contribution in [0.1, 0.15) is 13.3 Å². The summed E-state index contributed by atoms with van der Waals surface area (Å²) < 4.78 is 20.9. The minimum Gasteiger partial charge on any atom is -0.493 e. The molecule has 2 aromatic heterocycles. The van der Waals surface area contributed by atoms with Gasteiger partial charge in [0, 0.05) is 24.7 Å². The summed E-state index contributed by atoms with van der Waals surface area (Å²) in [5.41, 5.74) is 7.05. The van der Waals surface area contributed by atoms with Gasteiger partial charge >= 0.3 is 0 Å². The van der Waals surface area contributed by atoms with Crippen LogP contribution < -0.4 is 15.4 Å². The molecule has 0 saturated carbocycles. The Morgan fingerprint density at radius 3 is 3.04 bits per heavy atom. The zero-order valence-corrected chi connectivity index (χ0v) is 15.2. The van der Waals surface area contributed by atoms with E-state index in [2.05, 4.69) is 15.0 Å². The fourth-order valence-electron chi connectivity index (χ4n) is 3.16. The van der Waals surface area contributed by atoms with E-state index < -0.39 is 5.54 Å². The van der Waals surface area contributed by atoms with Gasteiger partial charge in [0.1, 0.15) is 11.6 Å². The lowest BCUT2D eigenvalue weighted by Gasteiger charge is -2.21. The molecule has 0 radical (unpaired) electrons. The Bertz CT molecular complexity index is 943. The first-order valence-corrected chi connectivity index (χ1v) is 9.26. The summed E-state index contributed by atoms with van der Waals surface area (Å²) in [5.74, 6) is 0.114. The minimum atomic E-state index is -0.588. The van der Waals surface area contributed by atoms with Crippen molar-refractivity contribution in [3.63, 3.8) is 0 Å². The van der Waals surface area contributed by atoms with Crippen LogP contribution in [0.3, 0.4) is 0 Å². The van der Waals surface area contributed by atoms with E-state index in [-0.39, 0.29) is 12.4 Å². The normalized spacial score (nSPS) is 20.2. The maximum Gasteiger partial charge on any atom is 0.214 e. The molecule has 4 rings (SSSR count). The molecule has 3 aromatic rings. The van der Waals surface area contributed by atoms with Crippen molar-refractivity contribution < 1.29 is 14.2 Å². The fraction of sp³-hybridized carbons (Fsp3) is 0.412. The van der Waals surface area contributed by atoms with E-state index >= 15 is 0 Å². The number of ether oxygens (including phenoxy) is 1. The van der Waals surface area contributed by atoms with Crippen LogP contribution in [0.2, 0.25) is 0 Å². The number of halogens is 1. The van der Waals surface area contributed by atoms with E-state index in [0.29, 0.717) is 25.3 Å². The number of aromatic nitrogens is 3. The lowest BCUT2D eigenvalue weighted by atomic mass is 10.0. The number of fused-ring (bicyclic) bond motifs is 1. The number of hydrogen-bond donors (Lipinski definition) is 2. The molecule has 3 heterocycles. The molecule has 0 amide bonds. The molecule has 1 saturated heterocycles. The van der Waals surface area contributed by atoms with Gasteiger partial charge in [-0.15, -0.1) is 5.10 Å². The van der Waals surface area contributed by atoms with Crippen LogP contribution in [0.25, 0.3) is 16.2 Å². The molecule has 1 aliphatic rings. The highest BCUT2D eigenvalue weighted by molar-refractivity contribution is 7.20. The van der Waals surface area contributed by atoms with Gasteiger partial charge in [0.2, 0.25) is 10.1 Å². The Kier molecular flexibility index (Phi) is 4.29. The number of benzene rings is 1. The third-order valence-electron chi connectivity index (χ3n) is 4.57. The number of hydrogen-bond acceptors (Lipinski definition) is 7. The van der Waals surface area contributed by atoms with Gasteiger partial charge in [-0.25, -0.2) is 13.9 Å². The Hall–Kier alpha value is -2.23. The van der Waals surface area contributed by atoms with Gasteiger partial charge in [-0.3, -0.25) is 0 Å². The summed E-state index contributed by atoms with van der Waals surface area (Å²) in [5, 5.41) is 14.9. The van der Waals surface area contributed by atoms with E-state index in [4.69, 9.17) is 10.5 Å². The van der Waals surface area contributed by atoms with Gasteiger partial charge < -0.3 is 20.5 Å². The monoisotopic (exact) mass is 377 g/mol. The summed E-state index contributed by atoms with van der Waals surface area (Å²) in [6.45, 7) is 3.54. The van der Waals surface area contributed by atoms with Crippen molar-refractivity contribution in [2.24, 2.45) is 5.73 Å². The Balaban J connectivity index is 1.72.